The van der Waals surface area contributed by atoms with E-state index in [1.54, 1.807) is 24.3 Å². The highest BCUT2D eigenvalue weighted by Crippen LogP contribution is 2.34. The van der Waals surface area contributed by atoms with Crippen LogP contribution in [0.15, 0.2) is 75.5 Å². The SMILES string of the molecule is CS(=O)(=O)Nn1c(Sc2ccccc2C(=O)O)nc2sc(-c3ccccc3)cc2c1=O. The molecule has 2 aromatic carbocycles. The van der Waals surface area contributed by atoms with Gasteiger partial charge < -0.3 is 5.11 Å². The molecule has 4 aromatic rings. The van der Waals surface area contributed by atoms with Gasteiger partial charge in [-0.3, -0.25) is 4.79 Å². The van der Waals surface area contributed by atoms with Crippen molar-refractivity contribution in [2.24, 2.45) is 0 Å². The zero-order valence-corrected chi connectivity index (χ0v) is 18.4. The molecule has 0 aliphatic carbocycles. The van der Waals surface area contributed by atoms with Crippen molar-refractivity contribution in [1.82, 2.24) is 9.66 Å². The molecule has 0 fully saturated rings. The Kier molecular flexibility index (Phi) is 5.56. The quantitative estimate of drug-likeness (QED) is 0.412. The Labute approximate surface area is 185 Å². The van der Waals surface area contributed by atoms with Gasteiger partial charge in [0.1, 0.15) is 4.83 Å². The molecule has 0 saturated carbocycles. The standard InChI is InChI=1S/C20H15N3O5S3/c1-31(27,28)22-23-18(24)14-11-16(12-7-3-2-4-8-12)29-17(14)21-20(23)30-15-10-6-5-9-13(15)19(25)26/h2-11,22H,1H3,(H,25,26). The first-order valence-electron chi connectivity index (χ1n) is 8.83. The minimum atomic E-state index is -3.81. The van der Waals surface area contributed by atoms with Crippen LogP contribution >= 0.6 is 23.1 Å². The van der Waals surface area contributed by atoms with Crippen molar-refractivity contribution in [2.75, 3.05) is 11.1 Å². The van der Waals surface area contributed by atoms with Crippen LogP contribution in [0.5, 0.6) is 0 Å². The molecule has 0 atom stereocenters. The summed E-state index contributed by atoms with van der Waals surface area (Å²) in [6.07, 6.45) is 0.923. The number of rotatable bonds is 6. The fraction of sp³-hybridized carbons (Fsp3) is 0.0500. The van der Waals surface area contributed by atoms with Crippen molar-refractivity contribution in [2.45, 2.75) is 10.1 Å². The largest absolute Gasteiger partial charge is 0.478 e. The zero-order valence-electron chi connectivity index (χ0n) is 16.0. The lowest BCUT2D eigenvalue weighted by Gasteiger charge is -2.13. The van der Waals surface area contributed by atoms with Gasteiger partial charge in [0.05, 0.1) is 17.2 Å². The van der Waals surface area contributed by atoms with Crippen molar-refractivity contribution >= 4 is 49.3 Å². The molecule has 0 bridgehead atoms. The lowest BCUT2D eigenvalue weighted by atomic mass is 10.2. The Hall–Kier alpha value is -3.15. The number of thiophene rings is 1. The third-order valence-corrected chi connectivity index (χ3v) is 6.79. The summed E-state index contributed by atoms with van der Waals surface area (Å²) in [5.41, 5.74) is 0.325. The van der Waals surface area contributed by atoms with E-state index in [9.17, 15) is 23.1 Å². The minimum Gasteiger partial charge on any atom is -0.478 e. The van der Waals surface area contributed by atoms with Gasteiger partial charge in [0.25, 0.3) is 5.56 Å². The number of carbonyl (C=O) groups is 1. The van der Waals surface area contributed by atoms with E-state index in [1.807, 2.05) is 30.3 Å². The van der Waals surface area contributed by atoms with Gasteiger partial charge in [-0.25, -0.2) is 23.0 Å². The second kappa shape index (κ2) is 8.17. The highest BCUT2D eigenvalue weighted by atomic mass is 32.2. The number of carboxylic acids is 1. The maximum atomic E-state index is 13.2. The van der Waals surface area contributed by atoms with E-state index in [4.69, 9.17) is 0 Å². The molecule has 0 aliphatic rings. The second-order valence-corrected chi connectivity index (χ2v) is 10.3. The molecule has 2 heterocycles. The van der Waals surface area contributed by atoms with Crippen LogP contribution in [-0.2, 0) is 10.0 Å². The summed E-state index contributed by atoms with van der Waals surface area (Å²) in [6, 6.07) is 17.3. The Bertz CT molecular complexity index is 1460. The van der Waals surface area contributed by atoms with Crippen molar-refractivity contribution in [3.8, 4) is 10.4 Å². The molecule has 8 nitrogen and oxygen atoms in total. The summed E-state index contributed by atoms with van der Waals surface area (Å²) in [4.78, 5) is 32.9. The Morgan fingerprint density at radius 2 is 1.81 bits per heavy atom. The van der Waals surface area contributed by atoms with E-state index >= 15 is 0 Å². The van der Waals surface area contributed by atoms with Gasteiger partial charge in [-0.2, -0.15) is 4.68 Å². The van der Waals surface area contributed by atoms with Gasteiger partial charge in [0.15, 0.2) is 5.16 Å². The van der Waals surface area contributed by atoms with Crippen LogP contribution in [-0.4, -0.2) is 35.4 Å². The van der Waals surface area contributed by atoms with Crippen LogP contribution in [0.4, 0.5) is 0 Å². The summed E-state index contributed by atoms with van der Waals surface area (Å²) >= 11 is 2.19. The minimum absolute atomic E-state index is 0.0121. The monoisotopic (exact) mass is 473 g/mol. The smallest absolute Gasteiger partial charge is 0.336 e. The van der Waals surface area contributed by atoms with Gasteiger partial charge in [-0.05, 0) is 35.5 Å². The summed E-state index contributed by atoms with van der Waals surface area (Å²) in [6.45, 7) is 0. The molecule has 0 aliphatic heterocycles. The van der Waals surface area contributed by atoms with E-state index in [0.29, 0.717) is 9.73 Å². The third-order valence-electron chi connectivity index (χ3n) is 4.17. The summed E-state index contributed by atoms with van der Waals surface area (Å²) in [5.74, 6) is -1.14. The number of nitrogens with one attached hydrogen (secondary N) is 1. The number of hydrogen-bond donors (Lipinski definition) is 2. The van der Waals surface area contributed by atoms with E-state index in [-0.39, 0.29) is 16.1 Å². The van der Waals surface area contributed by atoms with Crippen molar-refractivity contribution in [3.05, 3.63) is 76.6 Å². The maximum absolute atomic E-state index is 13.2. The number of aromatic carboxylic acids is 1. The molecule has 0 spiro atoms. The van der Waals surface area contributed by atoms with Crippen LogP contribution in [0.25, 0.3) is 20.7 Å². The number of fused-ring (bicyclic) bond motifs is 1. The van der Waals surface area contributed by atoms with Gasteiger partial charge >= 0.3 is 5.97 Å². The van der Waals surface area contributed by atoms with Crippen molar-refractivity contribution < 1.29 is 18.3 Å². The fourth-order valence-corrected chi connectivity index (χ4v) is 5.46. The Balaban J connectivity index is 1.92. The van der Waals surface area contributed by atoms with Crippen molar-refractivity contribution in [3.63, 3.8) is 0 Å². The van der Waals surface area contributed by atoms with Gasteiger partial charge in [-0.15, -0.1) is 11.3 Å². The molecule has 0 radical (unpaired) electrons. The number of nitrogens with zero attached hydrogens (tertiary/aromatic N) is 2. The highest BCUT2D eigenvalue weighted by Gasteiger charge is 2.20. The number of benzene rings is 2. The average molecular weight is 474 g/mol. The number of sulfonamides is 1. The Morgan fingerprint density at radius 1 is 1.13 bits per heavy atom. The first-order valence-corrected chi connectivity index (χ1v) is 12.4. The molecule has 0 unspecified atom stereocenters. The van der Waals surface area contributed by atoms with E-state index in [1.165, 1.54) is 17.4 Å². The fourth-order valence-electron chi connectivity index (χ4n) is 2.85. The predicted octanol–water partition coefficient (Wildman–Crippen LogP) is 3.48. The Morgan fingerprint density at radius 3 is 2.48 bits per heavy atom. The van der Waals surface area contributed by atoms with Crippen LogP contribution in [0.3, 0.4) is 0 Å². The normalized spacial score (nSPS) is 11.5. The van der Waals surface area contributed by atoms with Gasteiger partial charge in [0.2, 0.25) is 10.0 Å². The number of hydrogen-bond acceptors (Lipinski definition) is 7. The molecular formula is C20H15N3O5S3. The molecule has 2 N–H and O–H groups in total. The van der Waals surface area contributed by atoms with Crippen LogP contribution in [0, 0.1) is 0 Å². The highest BCUT2D eigenvalue weighted by molar-refractivity contribution is 7.99. The predicted molar refractivity (Wildman–Crippen MR) is 121 cm³/mol. The summed E-state index contributed by atoms with van der Waals surface area (Å²) in [5, 5.41) is 9.72. The molecule has 0 saturated heterocycles. The number of carboxylic acid groups (broad SMARTS) is 1. The van der Waals surface area contributed by atoms with Crippen LogP contribution in [0.1, 0.15) is 10.4 Å². The molecule has 31 heavy (non-hydrogen) atoms. The first kappa shape index (κ1) is 21.1. The average Bonchev–Trinajstić information content (AvgIpc) is 3.15. The molecule has 158 valence electrons. The molecular weight excluding hydrogens is 458 g/mol. The lowest BCUT2D eigenvalue weighted by molar-refractivity contribution is 0.0693. The van der Waals surface area contributed by atoms with Gasteiger partial charge in [0, 0.05) is 9.77 Å². The maximum Gasteiger partial charge on any atom is 0.336 e. The van der Waals surface area contributed by atoms with E-state index < -0.39 is 21.6 Å². The van der Waals surface area contributed by atoms with Crippen LogP contribution in [0.2, 0.25) is 0 Å². The molecule has 11 heteroatoms. The summed E-state index contributed by atoms with van der Waals surface area (Å²) < 4.78 is 24.6. The van der Waals surface area contributed by atoms with E-state index in [0.717, 1.165) is 33.1 Å². The topological polar surface area (TPSA) is 118 Å². The third kappa shape index (κ3) is 4.48. The first-order chi connectivity index (χ1) is 14.7. The van der Waals surface area contributed by atoms with Crippen molar-refractivity contribution in [1.29, 1.82) is 0 Å². The number of aromatic nitrogens is 2. The van der Waals surface area contributed by atoms with Crippen LogP contribution < -0.4 is 10.4 Å². The van der Waals surface area contributed by atoms with Gasteiger partial charge in [-0.1, -0.05) is 42.5 Å². The summed E-state index contributed by atoms with van der Waals surface area (Å²) in [7, 11) is -3.81. The lowest BCUT2D eigenvalue weighted by Crippen LogP contribution is -2.34. The molecule has 4 rings (SSSR count). The second-order valence-electron chi connectivity index (χ2n) is 6.50. The molecule has 0 amide bonds. The zero-order chi connectivity index (χ0) is 22.2. The van der Waals surface area contributed by atoms with E-state index in [2.05, 4.69) is 9.82 Å². The molecule has 2 aromatic heterocycles.